The van der Waals surface area contributed by atoms with Gasteiger partial charge in [0, 0.05) is 26.1 Å². The van der Waals surface area contributed by atoms with E-state index in [0.29, 0.717) is 0 Å². The Hall–Kier alpha value is -0.160. The highest BCUT2D eigenvalue weighted by Crippen LogP contribution is 2.10. The summed E-state index contributed by atoms with van der Waals surface area (Å²) in [5.74, 6) is 0. The van der Waals surface area contributed by atoms with E-state index in [1.807, 2.05) is 0 Å². The van der Waals surface area contributed by atoms with Gasteiger partial charge in [-0.2, -0.15) is 0 Å². The van der Waals surface area contributed by atoms with Crippen molar-refractivity contribution in [1.29, 1.82) is 0 Å². The predicted octanol–water partition coefficient (Wildman–Crippen LogP) is 0.777. The minimum atomic E-state index is 0.0507. The molecule has 0 aliphatic carbocycles. The largest absolute Gasteiger partial charge is 0.353 e. The van der Waals surface area contributed by atoms with E-state index < -0.39 is 0 Å². The van der Waals surface area contributed by atoms with Crippen LogP contribution in [0, 0.1) is 0 Å². The van der Waals surface area contributed by atoms with Gasteiger partial charge in [-0.25, -0.2) is 0 Å². The second-order valence-corrected chi connectivity index (χ2v) is 4.81. The molecule has 94 valence electrons. The van der Waals surface area contributed by atoms with E-state index in [-0.39, 0.29) is 6.29 Å². The number of likely N-dealkylation sites (N-methyl/N-ethyl adjacent to an activating group) is 1. The Labute approximate surface area is 98.5 Å². The van der Waals surface area contributed by atoms with Crippen molar-refractivity contribution < 1.29 is 9.47 Å². The maximum atomic E-state index is 5.56. The van der Waals surface area contributed by atoms with Crippen LogP contribution in [-0.4, -0.2) is 69.1 Å². The third-order valence-electron chi connectivity index (χ3n) is 3.39. The van der Waals surface area contributed by atoms with Crippen LogP contribution < -0.4 is 0 Å². The molecular weight excluding hydrogens is 204 g/mol. The molecule has 0 radical (unpaired) electrons. The van der Waals surface area contributed by atoms with Crippen molar-refractivity contribution in [3.8, 4) is 0 Å². The monoisotopic (exact) mass is 228 g/mol. The zero-order valence-corrected chi connectivity index (χ0v) is 10.4. The van der Waals surface area contributed by atoms with Crippen molar-refractivity contribution in [2.75, 3.05) is 53.0 Å². The Bertz CT molecular complexity index is 195. The molecule has 0 aromatic heterocycles. The Kier molecular flexibility index (Phi) is 5.03. The van der Waals surface area contributed by atoms with Crippen molar-refractivity contribution in [2.45, 2.75) is 25.6 Å². The fraction of sp³-hybridized carbons (Fsp3) is 1.00. The van der Waals surface area contributed by atoms with E-state index in [2.05, 4.69) is 16.8 Å². The molecule has 2 saturated heterocycles. The van der Waals surface area contributed by atoms with E-state index in [1.54, 1.807) is 0 Å². The van der Waals surface area contributed by atoms with Crippen LogP contribution in [0.1, 0.15) is 19.3 Å². The molecule has 2 rings (SSSR count). The zero-order valence-electron chi connectivity index (χ0n) is 10.4. The average molecular weight is 228 g/mol. The first-order valence-corrected chi connectivity index (χ1v) is 6.49. The number of nitrogens with zero attached hydrogens (tertiary/aromatic N) is 2. The fourth-order valence-electron chi connectivity index (χ4n) is 2.31. The Morgan fingerprint density at radius 1 is 1.00 bits per heavy atom. The first-order valence-electron chi connectivity index (χ1n) is 6.49. The van der Waals surface area contributed by atoms with Gasteiger partial charge in [-0.3, -0.25) is 0 Å². The molecule has 0 amide bonds. The first kappa shape index (κ1) is 12.3. The fourth-order valence-corrected chi connectivity index (χ4v) is 2.31. The molecular formula is C12H24N2O2. The van der Waals surface area contributed by atoms with Gasteiger partial charge in [0.05, 0.1) is 13.2 Å². The highest BCUT2D eigenvalue weighted by molar-refractivity contribution is 4.68. The van der Waals surface area contributed by atoms with Crippen molar-refractivity contribution in [1.82, 2.24) is 9.80 Å². The number of rotatable bonds is 3. The van der Waals surface area contributed by atoms with Gasteiger partial charge >= 0.3 is 0 Å². The minimum Gasteiger partial charge on any atom is -0.353 e. The van der Waals surface area contributed by atoms with Crippen LogP contribution in [0.3, 0.4) is 0 Å². The van der Waals surface area contributed by atoms with Gasteiger partial charge in [-0.1, -0.05) is 0 Å². The summed E-state index contributed by atoms with van der Waals surface area (Å²) in [6.07, 6.45) is 3.40. The molecule has 2 aliphatic rings. The molecule has 0 unspecified atom stereocenters. The van der Waals surface area contributed by atoms with E-state index in [0.717, 1.165) is 32.6 Å². The summed E-state index contributed by atoms with van der Waals surface area (Å²) in [5.41, 5.74) is 0. The smallest absolute Gasteiger partial charge is 0.158 e. The first-order chi connectivity index (χ1) is 7.84. The lowest BCUT2D eigenvalue weighted by molar-refractivity contribution is -0.182. The molecule has 0 aromatic rings. The van der Waals surface area contributed by atoms with Crippen LogP contribution in [0.15, 0.2) is 0 Å². The van der Waals surface area contributed by atoms with Crippen LogP contribution in [-0.2, 0) is 9.47 Å². The summed E-state index contributed by atoms with van der Waals surface area (Å²) in [7, 11) is 2.21. The second kappa shape index (κ2) is 6.55. The molecule has 0 spiro atoms. The topological polar surface area (TPSA) is 24.9 Å². The maximum Gasteiger partial charge on any atom is 0.158 e. The number of ether oxygens (including phenoxy) is 2. The van der Waals surface area contributed by atoms with Crippen LogP contribution in [0.2, 0.25) is 0 Å². The zero-order chi connectivity index (χ0) is 11.2. The Morgan fingerprint density at radius 3 is 2.62 bits per heavy atom. The molecule has 0 saturated carbocycles. The molecule has 0 atom stereocenters. The van der Waals surface area contributed by atoms with Crippen LogP contribution >= 0.6 is 0 Å². The van der Waals surface area contributed by atoms with Crippen molar-refractivity contribution in [2.24, 2.45) is 0 Å². The molecule has 4 heteroatoms. The Balaban J connectivity index is 1.64. The highest BCUT2D eigenvalue weighted by Gasteiger charge is 2.17. The second-order valence-electron chi connectivity index (χ2n) is 4.81. The maximum absolute atomic E-state index is 5.56. The third kappa shape index (κ3) is 4.01. The summed E-state index contributed by atoms with van der Waals surface area (Å²) in [4.78, 5) is 4.94. The lowest BCUT2D eigenvalue weighted by atomic mass is 10.3. The number of hydrogen-bond donors (Lipinski definition) is 0. The van der Waals surface area contributed by atoms with Crippen LogP contribution in [0.25, 0.3) is 0 Å². The van der Waals surface area contributed by atoms with Gasteiger partial charge in [-0.05, 0) is 33.0 Å². The van der Waals surface area contributed by atoms with Gasteiger partial charge in [0.1, 0.15) is 0 Å². The molecule has 4 nitrogen and oxygen atoms in total. The van der Waals surface area contributed by atoms with E-state index in [9.17, 15) is 0 Å². The van der Waals surface area contributed by atoms with Gasteiger partial charge in [-0.15, -0.1) is 0 Å². The third-order valence-corrected chi connectivity index (χ3v) is 3.39. The lowest BCUT2D eigenvalue weighted by Gasteiger charge is -2.26. The summed E-state index contributed by atoms with van der Waals surface area (Å²) in [5, 5.41) is 0. The molecule has 0 N–H and O–H groups in total. The molecule has 16 heavy (non-hydrogen) atoms. The average Bonchev–Trinajstić information content (AvgIpc) is 2.53. The van der Waals surface area contributed by atoms with E-state index in [1.165, 1.54) is 32.6 Å². The number of hydrogen-bond acceptors (Lipinski definition) is 4. The minimum absolute atomic E-state index is 0.0507. The van der Waals surface area contributed by atoms with Crippen LogP contribution in [0.5, 0.6) is 0 Å². The van der Waals surface area contributed by atoms with Gasteiger partial charge in [0.2, 0.25) is 0 Å². The predicted molar refractivity (Wildman–Crippen MR) is 63.5 cm³/mol. The van der Waals surface area contributed by atoms with E-state index >= 15 is 0 Å². The summed E-state index contributed by atoms with van der Waals surface area (Å²) >= 11 is 0. The van der Waals surface area contributed by atoms with Crippen molar-refractivity contribution in [3.63, 3.8) is 0 Å². The van der Waals surface area contributed by atoms with Gasteiger partial charge in [0.15, 0.2) is 6.29 Å². The van der Waals surface area contributed by atoms with Crippen LogP contribution in [0.4, 0.5) is 0 Å². The molecule has 0 aromatic carbocycles. The molecule has 2 aliphatic heterocycles. The Morgan fingerprint density at radius 2 is 1.81 bits per heavy atom. The van der Waals surface area contributed by atoms with E-state index in [4.69, 9.17) is 9.47 Å². The summed E-state index contributed by atoms with van der Waals surface area (Å²) in [6.45, 7) is 7.67. The molecule has 2 fully saturated rings. The normalized spacial score (nSPS) is 26.8. The highest BCUT2D eigenvalue weighted by atomic mass is 16.7. The summed E-state index contributed by atoms with van der Waals surface area (Å²) < 4.78 is 11.1. The van der Waals surface area contributed by atoms with Crippen molar-refractivity contribution in [3.05, 3.63) is 0 Å². The summed E-state index contributed by atoms with van der Waals surface area (Å²) in [6, 6.07) is 0. The molecule has 0 bridgehead atoms. The standard InChI is InChI=1S/C12H24N2O2/c1-13-5-2-6-14(9-8-13)7-4-12-15-10-3-11-16-12/h12H,2-11H2,1H3. The quantitative estimate of drug-likeness (QED) is 0.712. The van der Waals surface area contributed by atoms with Gasteiger partial charge < -0.3 is 19.3 Å². The molecule has 2 heterocycles. The van der Waals surface area contributed by atoms with Gasteiger partial charge in [0.25, 0.3) is 0 Å². The van der Waals surface area contributed by atoms with Crippen molar-refractivity contribution >= 4 is 0 Å². The lowest BCUT2D eigenvalue weighted by Crippen LogP contribution is -2.34. The SMILES string of the molecule is CN1CCCN(CCC2OCCCO2)CC1.